The molecule has 33 atom stereocenters. The normalized spacial score (nSPS) is 51.7. The zero-order valence-corrected chi connectivity index (χ0v) is 55.0. The van der Waals surface area contributed by atoms with E-state index in [2.05, 4.69) is 24.1 Å². The predicted octanol–water partition coefficient (Wildman–Crippen LogP) is -3.43. The Morgan fingerprint density at radius 2 is 1.29 bits per heavy atom. The number of rotatable bonds is 19. The van der Waals surface area contributed by atoms with Crippen LogP contribution in [0.25, 0.3) is 0 Å². The lowest BCUT2D eigenvalue weighted by molar-refractivity contribution is -0.403. The van der Waals surface area contributed by atoms with Crippen LogP contribution in [0.3, 0.4) is 0 Å². The molecule has 1 spiro atoms. The lowest BCUT2D eigenvalue weighted by atomic mass is 9.40. The lowest BCUT2D eigenvalue weighted by Gasteiger charge is -2.64. The van der Waals surface area contributed by atoms with E-state index in [1.165, 1.54) is 6.92 Å². The van der Waals surface area contributed by atoms with Gasteiger partial charge in [0, 0.05) is 24.4 Å². The van der Waals surface area contributed by atoms with Crippen LogP contribution in [-0.2, 0) is 95.6 Å². The lowest BCUT2D eigenvalue weighted by Crippen LogP contribution is -2.68. The topological polar surface area (TPSA) is 495 Å². The second-order valence-corrected chi connectivity index (χ2v) is 31.3. The number of hydrogen-bond donors (Lipinski definition) is 13. The molecule has 6 aliphatic heterocycles. The Morgan fingerprint density at radius 1 is 0.681 bits per heavy atom. The van der Waals surface area contributed by atoms with Gasteiger partial charge in [-0.15, -0.1) is 0 Å². The molecule has 0 aromatic carbocycles. The fourth-order valence-electron chi connectivity index (χ4n) is 18.8. The number of hydrogen-bond acceptors (Lipinski definition) is 31. The molecule has 0 amide bonds. The van der Waals surface area contributed by atoms with Crippen molar-refractivity contribution in [3.8, 4) is 0 Å². The maximum atomic E-state index is 14.6. The highest BCUT2D eigenvalue weighted by Crippen LogP contribution is 2.82. The first-order valence-corrected chi connectivity index (χ1v) is 34.7. The minimum absolute atomic E-state index is 0.0490. The Bertz CT molecular complexity index is 3050. The Kier molecular flexibility index (Phi) is 20.2. The van der Waals surface area contributed by atoms with Crippen LogP contribution in [-0.4, -0.2) is 286 Å². The van der Waals surface area contributed by atoms with Gasteiger partial charge in [-0.25, -0.2) is 8.37 Å². The standard InChI is InChI=1S/C59H92O33S2/c1-22(2)33(62)26-16-57(8,72)52-58-15-12-24-25(56(58,7)21-59(26,52)91-53(58)71)10-11-31-54(4,5)32(13-14-55(24,31)6)86-50-45(37(66)30(19-81-50)92-94(76,77)78)90-51-46(89-47-38(67)34(63)27(61)18-80-47)39(68)42(23(3)83-51)87-49-41(70)44(35(64)28(17-60)84-49)88-48-40(69)43(79-9)36(65)29(85-48)20-82-93(73,74)75/h10,22-24,26-32,34-52,60-61,63-70,72H,11-21H2,1-9H3,(H,73,74,75)(H,76,77,78)/t23-,24-,26-,27-,28-,29-,30-,31+,32+,34+,35-,36-,37+,38-,39+,40-,41-,42-,43+,44+,45-,46-,47+,48+,49+,50+,51+,52-,55-,56+,57+,58-,59-/m1/s1. The van der Waals surface area contributed by atoms with Gasteiger partial charge in [0.1, 0.15) is 115 Å². The maximum Gasteiger partial charge on any atom is 0.397 e. The number of ketones is 1. The van der Waals surface area contributed by atoms with E-state index in [0.717, 1.165) is 12.7 Å². The highest BCUT2D eigenvalue weighted by atomic mass is 32.3. The molecule has 94 heavy (non-hydrogen) atoms. The fraction of sp³-hybridized carbons (Fsp3) is 0.932. The summed E-state index contributed by atoms with van der Waals surface area (Å²) in [5.74, 6) is -2.23. The quantitative estimate of drug-likeness (QED) is 0.0340. The summed E-state index contributed by atoms with van der Waals surface area (Å²) in [6.07, 6.45) is -38.8. The molecule has 5 aliphatic carbocycles. The maximum absolute atomic E-state index is 14.6. The van der Waals surface area contributed by atoms with E-state index in [4.69, 9.17) is 61.0 Å². The molecule has 13 N–H and O–H groups in total. The van der Waals surface area contributed by atoms with E-state index in [9.17, 15) is 91.7 Å². The third-order valence-corrected chi connectivity index (χ3v) is 24.0. The summed E-state index contributed by atoms with van der Waals surface area (Å²) < 4.78 is 148. The number of methoxy groups -OCH3 is 1. The molecule has 6 saturated heterocycles. The minimum atomic E-state index is -5.31. The van der Waals surface area contributed by atoms with Gasteiger partial charge < -0.3 is 113 Å². The van der Waals surface area contributed by atoms with Crippen LogP contribution in [0.4, 0.5) is 0 Å². The first-order valence-electron chi connectivity index (χ1n) is 31.9. The van der Waals surface area contributed by atoms with Crippen molar-refractivity contribution in [1.29, 1.82) is 0 Å². The van der Waals surface area contributed by atoms with Gasteiger partial charge in [0.15, 0.2) is 31.5 Å². The van der Waals surface area contributed by atoms with Gasteiger partial charge in [-0.05, 0) is 81.5 Å². The molecule has 11 aliphatic rings. The SMILES string of the molecule is CO[C@@H]1[C@@H](O)[C@H](O[C@@H]2[C@@H](O)[C@H](O[C@H]3[C@H](O)[C@@H](O[C@@H]4OC[C@@H](O)[C@H](O)[C@H]4O)[C@H](O[C@H]4[C@H](O[C@H]5CC[C@]6(C)[C@@H]7CC[C@@]89C(=O)O[C@]%10(C[C@@]8(C)C7=CC[C@H]6C5(C)C)[C@@H](C(=O)C(C)C)C[C@](C)(O)[C@@H]%109)OC[C@@H](OS(=O)(=O)O)[C@@H]4O)O[C@@H]3C)O[C@H](CO)[C@H]2O)O[C@H](COS(=O)(=O)O)[C@H]1O. The first-order chi connectivity index (χ1) is 43.7. The number of fused-ring (bicyclic) bond motifs is 4. The summed E-state index contributed by atoms with van der Waals surface area (Å²) in [7, 11) is -9.36. The van der Waals surface area contributed by atoms with Gasteiger partial charge >= 0.3 is 26.8 Å². The van der Waals surface area contributed by atoms with Crippen LogP contribution < -0.4 is 0 Å². The minimum Gasteiger partial charge on any atom is -0.457 e. The highest BCUT2D eigenvalue weighted by Gasteiger charge is 2.88. The number of Topliss-reactive ketones (excluding diaryl/α,β-unsaturated/α-hetero) is 1. The van der Waals surface area contributed by atoms with Crippen LogP contribution >= 0.6 is 0 Å². The second-order valence-electron chi connectivity index (χ2n) is 29.2. The Balaban J connectivity index is 0.855. The van der Waals surface area contributed by atoms with E-state index in [0.29, 0.717) is 38.5 Å². The van der Waals surface area contributed by atoms with Crippen molar-refractivity contribution in [2.75, 3.05) is 33.5 Å². The average molecular weight is 1390 g/mol. The molecule has 11 rings (SSSR count). The largest absolute Gasteiger partial charge is 0.457 e. The Hall–Kier alpha value is -2.26. The van der Waals surface area contributed by atoms with Crippen LogP contribution in [0.15, 0.2) is 11.6 Å². The molecule has 4 saturated carbocycles. The third-order valence-electron chi connectivity index (χ3n) is 23.1. The predicted molar refractivity (Wildman–Crippen MR) is 307 cm³/mol. The molecule has 0 aromatic heterocycles. The third kappa shape index (κ3) is 12.2. The molecule has 35 heteroatoms. The average Bonchev–Trinajstić information content (AvgIpc) is 1.45. The molecule has 33 nitrogen and oxygen atoms in total. The molecule has 0 aromatic rings. The van der Waals surface area contributed by atoms with Crippen molar-refractivity contribution in [1.82, 2.24) is 0 Å². The van der Waals surface area contributed by atoms with Crippen molar-refractivity contribution in [3.63, 3.8) is 0 Å². The highest BCUT2D eigenvalue weighted by molar-refractivity contribution is 7.81. The smallest absolute Gasteiger partial charge is 0.397 e. The Labute approximate surface area is 542 Å². The number of esters is 1. The summed E-state index contributed by atoms with van der Waals surface area (Å²) in [5, 5.41) is 125. The summed E-state index contributed by atoms with van der Waals surface area (Å²) in [6, 6.07) is 0. The van der Waals surface area contributed by atoms with Gasteiger partial charge in [-0.1, -0.05) is 53.2 Å². The molecule has 0 radical (unpaired) electrons. The summed E-state index contributed by atoms with van der Waals surface area (Å²) in [4.78, 5) is 28.6. The summed E-state index contributed by atoms with van der Waals surface area (Å²) in [5.41, 5.74) is -4.41. The van der Waals surface area contributed by atoms with Crippen molar-refractivity contribution in [2.45, 2.75) is 259 Å². The zero-order valence-electron chi connectivity index (χ0n) is 53.4. The van der Waals surface area contributed by atoms with E-state index in [1.807, 2.05) is 27.7 Å². The summed E-state index contributed by atoms with van der Waals surface area (Å²) in [6.45, 7) is 11.7. The summed E-state index contributed by atoms with van der Waals surface area (Å²) >= 11 is 0. The molecular formula is C59H92O33S2. The molecule has 10 fully saturated rings. The molecular weight excluding hydrogens is 1300 g/mol. The Morgan fingerprint density at radius 3 is 1.93 bits per heavy atom. The fourth-order valence-corrected chi connectivity index (χ4v) is 19.6. The van der Waals surface area contributed by atoms with Gasteiger partial charge in [-0.2, -0.15) is 16.8 Å². The molecule has 2 bridgehead atoms. The van der Waals surface area contributed by atoms with Gasteiger partial charge in [-0.3, -0.25) is 18.7 Å². The van der Waals surface area contributed by atoms with Crippen molar-refractivity contribution in [2.24, 2.45) is 51.2 Å². The number of ether oxygens (including phenoxy) is 12. The number of aliphatic hydroxyl groups excluding tert-OH is 10. The van der Waals surface area contributed by atoms with E-state index in [1.54, 1.807) is 6.92 Å². The number of aliphatic hydroxyl groups is 11. The molecule has 0 unspecified atom stereocenters. The van der Waals surface area contributed by atoms with E-state index < -0.39 is 239 Å². The van der Waals surface area contributed by atoms with Crippen LogP contribution in [0.1, 0.15) is 100 Å². The molecule has 538 valence electrons. The van der Waals surface area contributed by atoms with Crippen LogP contribution in [0.2, 0.25) is 0 Å². The van der Waals surface area contributed by atoms with E-state index in [-0.39, 0.29) is 35.9 Å². The number of allylic oxidation sites excluding steroid dienone is 2. The van der Waals surface area contributed by atoms with Gasteiger partial charge in [0.05, 0.1) is 55.6 Å². The van der Waals surface area contributed by atoms with Crippen LogP contribution in [0.5, 0.6) is 0 Å². The van der Waals surface area contributed by atoms with Gasteiger partial charge in [0.2, 0.25) is 0 Å². The first kappa shape index (κ1) is 73.0. The van der Waals surface area contributed by atoms with Crippen molar-refractivity contribution < 1.29 is 157 Å². The molecule has 6 heterocycles. The van der Waals surface area contributed by atoms with Gasteiger partial charge in [0.25, 0.3) is 0 Å². The monoisotopic (exact) mass is 1390 g/mol. The van der Waals surface area contributed by atoms with Crippen molar-refractivity contribution in [3.05, 3.63) is 11.6 Å². The number of carbonyl (C=O) groups excluding carboxylic acids is 2. The van der Waals surface area contributed by atoms with Crippen LogP contribution in [0, 0.1) is 51.2 Å². The second kappa shape index (κ2) is 26.0. The van der Waals surface area contributed by atoms with E-state index >= 15 is 0 Å². The number of carbonyl (C=O) groups is 2. The zero-order chi connectivity index (χ0) is 68.9. The van der Waals surface area contributed by atoms with Crippen molar-refractivity contribution >= 4 is 32.6 Å².